The Labute approximate surface area is 158 Å². The summed E-state index contributed by atoms with van der Waals surface area (Å²) in [5.74, 6) is -1.81. The van der Waals surface area contributed by atoms with E-state index in [-0.39, 0.29) is 16.5 Å². The maximum atomic E-state index is 12.8. The number of carbonyl (C=O) groups excluding carboxylic acids is 2. The van der Waals surface area contributed by atoms with Crippen LogP contribution in [-0.4, -0.2) is 29.5 Å². The van der Waals surface area contributed by atoms with Gasteiger partial charge in [-0.15, -0.1) is 0 Å². The number of nitro groups is 1. The Hall–Kier alpha value is -3.20. The first kappa shape index (κ1) is 20.1. The van der Waals surface area contributed by atoms with Crippen molar-refractivity contribution in [2.45, 2.75) is 13.0 Å². The lowest BCUT2D eigenvalue weighted by molar-refractivity contribution is -0.383. The summed E-state index contributed by atoms with van der Waals surface area (Å²) in [5, 5.41) is 13.4. The Bertz CT molecular complexity index is 859. The predicted octanol–water partition coefficient (Wildman–Crippen LogP) is 3.34. The van der Waals surface area contributed by atoms with Crippen LogP contribution in [0.15, 0.2) is 42.5 Å². The van der Waals surface area contributed by atoms with E-state index in [1.165, 1.54) is 43.3 Å². The number of hydrogen-bond acceptors (Lipinski definition) is 6. The second kappa shape index (κ2) is 8.95. The monoisotopic (exact) mass is 396 g/mol. The SMILES string of the molecule is C[C@H](Oc1ccc(F)cc1)C(=O)OCC(=O)Nc1ccc(Cl)cc1[N+](=O)[O-]. The minimum absolute atomic E-state index is 0.0824. The minimum atomic E-state index is -1.05. The number of nitrogens with one attached hydrogen (secondary N) is 1. The molecule has 0 saturated heterocycles. The zero-order valence-electron chi connectivity index (χ0n) is 14.0. The molecule has 0 bridgehead atoms. The highest BCUT2D eigenvalue weighted by Crippen LogP contribution is 2.27. The van der Waals surface area contributed by atoms with Crippen molar-refractivity contribution in [2.75, 3.05) is 11.9 Å². The Kier molecular flexibility index (Phi) is 6.67. The molecule has 0 aliphatic heterocycles. The van der Waals surface area contributed by atoms with Crippen molar-refractivity contribution in [3.05, 3.63) is 63.4 Å². The van der Waals surface area contributed by atoms with Gasteiger partial charge in [-0.25, -0.2) is 9.18 Å². The normalized spacial score (nSPS) is 11.4. The van der Waals surface area contributed by atoms with E-state index in [4.69, 9.17) is 21.1 Å². The average Bonchev–Trinajstić information content (AvgIpc) is 2.62. The number of nitro benzene ring substituents is 1. The van der Waals surface area contributed by atoms with Crippen LogP contribution in [0.25, 0.3) is 0 Å². The van der Waals surface area contributed by atoms with Crippen molar-refractivity contribution in [1.29, 1.82) is 0 Å². The summed E-state index contributed by atoms with van der Waals surface area (Å²) >= 11 is 5.69. The van der Waals surface area contributed by atoms with Gasteiger partial charge in [-0.3, -0.25) is 14.9 Å². The highest BCUT2D eigenvalue weighted by Gasteiger charge is 2.20. The lowest BCUT2D eigenvalue weighted by Crippen LogP contribution is -2.29. The van der Waals surface area contributed by atoms with Gasteiger partial charge in [0.2, 0.25) is 0 Å². The Balaban J connectivity index is 1.88. The van der Waals surface area contributed by atoms with Crippen LogP contribution < -0.4 is 10.1 Å². The molecule has 0 fully saturated rings. The van der Waals surface area contributed by atoms with Crippen LogP contribution in [-0.2, 0) is 14.3 Å². The molecular formula is C17H14ClFN2O6. The number of nitrogens with zero attached hydrogens (tertiary/aromatic N) is 1. The lowest BCUT2D eigenvalue weighted by Gasteiger charge is -2.14. The molecule has 27 heavy (non-hydrogen) atoms. The zero-order valence-corrected chi connectivity index (χ0v) is 14.7. The van der Waals surface area contributed by atoms with Crippen molar-refractivity contribution in [3.63, 3.8) is 0 Å². The van der Waals surface area contributed by atoms with Gasteiger partial charge in [0.25, 0.3) is 11.6 Å². The molecule has 2 aromatic rings. The summed E-state index contributed by atoms with van der Waals surface area (Å²) in [5.41, 5.74) is -0.476. The number of hydrogen-bond donors (Lipinski definition) is 1. The standard InChI is InChI=1S/C17H14ClFN2O6/c1-10(27-13-5-3-12(19)4-6-13)17(23)26-9-16(22)20-14-7-2-11(18)8-15(14)21(24)25/h2-8,10H,9H2,1H3,(H,20,22)/t10-/m0/s1. The van der Waals surface area contributed by atoms with E-state index in [1.807, 2.05) is 0 Å². The molecule has 1 amide bonds. The summed E-state index contributed by atoms with van der Waals surface area (Å²) in [6.45, 7) is 0.726. The summed E-state index contributed by atoms with van der Waals surface area (Å²) in [7, 11) is 0. The molecule has 10 heteroatoms. The highest BCUT2D eigenvalue weighted by atomic mass is 35.5. The quantitative estimate of drug-likeness (QED) is 0.437. The largest absolute Gasteiger partial charge is 0.479 e. The van der Waals surface area contributed by atoms with Crippen LogP contribution in [0.3, 0.4) is 0 Å². The van der Waals surface area contributed by atoms with Crippen LogP contribution in [0, 0.1) is 15.9 Å². The van der Waals surface area contributed by atoms with Crippen molar-refractivity contribution in [1.82, 2.24) is 0 Å². The molecule has 0 aliphatic rings. The summed E-state index contributed by atoms with van der Waals surface area (Å²) in [6, 6.07) is 8.73. The molecule has 8 nitrogen and oxygen atoms in total. The first-order chi connectivity index (χ1) is 12.8. The topological polar surface area (TPSA) is 108 Å². The van der Waals surface area contributed by atoms with E-state index >= 15 is 0 Å². The molecular weight excluding hydrogens is 383 g/mol. The molecule has 1 atom stereocenters. The number of benzene rings is 2. The Morgan fingerprint density at radius 2 is 1.93 bits per heavy atom. The van der Waals surface area contributed by atoms with Crippen LogP contribution in [0.2, 0.25) is 5.02 Å². The summed E-state index contributed by atoms with van der Waals surface area (Å²) in [6.07, 6.45) is -1.05. The Morgan fingerprint density at radius 3 is 2.56 bits per heavy atom. The average molecular weight is 397 g/mol. The predicted molar refractivity (Wildman–Crippen MR) is 94.2 cm³/mol. The fourth-order valence-corrected chi connectivity index (χ4v) is 2.13. The van der Waals surface area contributed by atoms with Gasteiger partial charge in [0, 0.05) is 11.1 Å². The molecule has 142 valence electrons. The fraction of sp³-hybridized carbons (Fsp3) is 0.176. The lowest BCUT2D eigenvalue weighted by atomic mass is 10.2. The number of rotatable bonds is 7. The minimum Gasteiger partial charge on any atom is -0.479 e. The third kappa shape index (κ3) is 5.93. The molecule has 1 N–H and O–H groups in total. The first-order valence-corrected chi connectivity index (χ1v) is 7.96. The number of esters is 1. The second-order valence-corrected chi connectivity index (χ2v) is 5.72. The molecule has 0 unspecified atom stereocenters. The van der Waals surface area contributed by atoms with Crippen molar-refractivity contribution in [3.8, 4) is 5.75 Å². The van der Waals surface area contributed by atoms with Crippen LogP contribution in [0.5, 0.6) is 5.75 Å². The number of anilines is 1. The Morgan fingerprint density at radius 1 is 1.26 bits per heavy atom. The van der Waals surface area contributed by atoms with Gasteiger partial charge in [-0.2, -0.15) is 0 Å². The maximum absolute atomic E-state index is 12.8. The van der Waals surface area contributed by atoms with Gasteiger partial charge >= 0.3 is 5.97 Å². The summed E-state index contributed by atoms with van der Waals surface area (Å²) in [4.78, 5) is 34.0. The molecule has 0 saturated carbocycles. The van der Waals surface area contributed by atoms with Gasteiger partial charge in [0.1, 0.15) is 17.3 Å². The van der Waals surface area contributed by atoms with Gasteiger partial charge < -0.3 is 14.8 Å². The van der Waals surface area contributed by atoms with Crippen LogP contribution in [0.4, 0.5) is 15.8 Å². The van der Waals surface area contributed by atoms with Crippen molar-refractivity contribution >= 4 is 34.9 Å². The van der Waals surface area contributed by atoms with E-state index < -0.39 is 41.0 Å². The third-order valence-electron chi connectivity index (χ3n) is 3.23. The molecule has 0 radical (unpaired) electrons. The van der Waals surface area contributed by atoms with Gasteiger partial charge in [0.05, 0.1) is 4.92 Å². The van der Waals surface area contributed by atoms with E-state index in [9.17, 15) is 24.1 Å². The third-order valence-corrected chi connectivity index (χ3v) is 3.47. The van der Waals surface area contributed by atoms with Crippen molar-refractivity contribution in [2.24, 2.45) is 0 Å². The van der Waals surface area contributed by atoms with Crippen molar-refractivity contribution < 1.29 is 28.4 Å². The van der Waals surface area contributed by atoms with E-state index in [1.54, 1.807) is 0 Å². The van der Waals surface area contributed by atoms with Gasteiger partial charge in [-0.05, 0) is 43.3 Å². The van der Waals surface area contributed by atoms with E-state index in [2.05, 4.69) is 5.32 Å². The van der Waals surface area contributed by atoms with Crippen LogP contribution >= 0.6 is 11.6 Å². The molecule has 0 spiro atoms. The highest BCUT2D eigenvalue weighted by molar-refractivity contribution is 6.31. The first-order valence-electron chi connectivity index (χ1n) is 7.59. The maximum Gasteiger partial charge on any atom is 0.347 e. The smallest absolute Gasteiger partial charge is 0.347 e. The summed E-state index contributed by atoms with van der Waals surface area (Å²) < 4.78 is 22.9. The zero-order chi connectivity index (χ0) is 20.0. The molecule has 0 heterocycles. The van der Waals surface area contributed by atoms with E-state index in [0.717, 1.165) is 6.07 Å². The molecule has 0 aliphatic carbocycles. The number of halogens is 2. The second-order valence-electron chi connectivity index (χ2n) is 5.29. The number of carbonyl (C=O) groups is 2. The molecule has 0 aromatic heterocycles. The molecule has 2 rings (SSSR count). The number of amides is 1. The van der Waals surface area contributed by atoms with Gasteiger partial charge in [-0.1, -0.05) is 11.6 Å². The molecule has 2 aromatic carbocycles. The van der Waals surface area contributed by atoms with E-state index in [0.29, 0.717) is 0 Å². The number of ether oxygens (including phenoxy) is 2. The fourth-order valence-electron chi connectivity index (χ4n) is 1.97. The van der Waals surface area contributed by atoms with Gasteiger partial charge in [0.15, 0.2) is 12.7 Å². The van der Waals surface area contributed by atoms with Crippen LogP contribution in [0.1, 0.15) is 6.92 Å².